The van der Waals surface area contributed by atoms with E-state index in [9.17, 15) is 4.79 Å². The van der Waals surface area contributed by atoms with Gasteiger partial charge in [0.05, 0.1) is 10.9 Å². The summed E-state index contributed by atoms with van der Waals surface area (Å²) in [4.78, 5) is 18.1. The molecule has 0 aliphatic carbocycles. The van der Waals surface area contributed by atoms with Crippen LogP contribution < -0.4 is 5.32 Å². The van der Waals surface area contributed by atoms with E-state index >= 15 is 0 Å². The summed E-state index contributed by atoms with van der Waals surface area (Å²) < 4.78 is 0. The second kappa shape index (κ2) is 5.31. The Bertz CT molecular complexity index is 529. The van der Waals surface area contributed by atoms with E-state index in [4.69, 9.17) is 0 Å². The number of rotatable bonds is 3. The fraction of sp³-hybridized carbons (Fsp3) is 0.286. The van der Waals surface area contributed by atoms with Crippen molar-refractivity contribution >= 4 is 17.2 Å². The quantitative estimate of drug-likeness (QED) is 0.920. The fourth-order valence-corrected chi connectivity index (χ4v) is 2.61. The third kappa shape index (κ3) is 2.76. The largest absolute Gasteiger partial charge is 0.345 e. The van der Waals surface area contributed by atoms with Gasteiger partial charge in [0.2, 0.25) is 0 Å². The van der Waals surface area contributed by atoms with Gasteiger partial charge < -0.3 is 5.32 Å². The highest BCUT2D eigenvalue weighted by Gasteiger charge is 2.14. The normalized spacial score (nSPS) is 12.2. The molecule has 0 saturated heterocycles. The van der Waals surface area contributed by atoms with E-state index in [1.165, 1.54) is 21.8 Å². The topological polar surface area (TPSA) is 42.0 Å². The van der Waals surface area contributed by atoms with E-state index in [1.807, 2.05) is 39.0 Å². The first-order valence-electron chi connectivity index (χ1n) is 5.85. The number of aryl methyl sites for hydroxylation is 2. The van der Waals surface area contributed by atoms with Crippen LogP contribution >= 0.6 is 11.3 Å². The van der Waals surface area contributed by atoms with Crippen LogP contribution in [0, 0.1) is 13.8 Å². The molecule has 0 aromatic carbocycles. The molecule has 0 aliphatic rings. The van der Waals surface area contributed by atoms with Crippen LogP contribution in [0.3, 0.4) is 0 Å². The van der Waals surface area contributed by atoms with Gasteiger partial charge in [-0.2, -0.15) is 0 Å². The highest BCUT2D eigenvalue weighted by molar-refractivity contribution is 7.14. The van der Waals surface area contributed by atoms with Crippen molar-refractivity contribution in [3.63, 3.8) is 0 Å². The average molecular weight is 260 g/mol. The molecule has 0 saturated carbocycles. The Morgan fingerprint density at radius 1 is 1.44 bits per heavy atom. The molecule has 94 valence electrons. The number of carbonyl (C=O) groups excluding carboxylic acids is 1. The molecule has 0 spiro atoms. The average Bonchev–Trinajstić information content (AvgIpc) is 2.71. The summed E-state index contributed by atoms with van der Waals surface area (Å²) in [7, 11) is 0. The van der Waals surface area contributed by atoms with Gasteiger partial charge in [-0.05, 0) is 44.0 Å². The lowest BCUT2D eigenvalue weighted by atomic mass is 10.1. The number of carbonyl (C=O) groups is 1. The Morgan fingerprint density at radius 3 is 2.78 bits per heavy atom. The number of hydrogen-bond donors (Lipinski definition) is 1. The molecule has 1 amide bonds. The highest BCUT2D eigenvalue weighted by atomic mass is 32.1. The Labute approximate surface area is 111 Å². The summed E-state index contributed by atoms with van der Waals surface area (Å²) in [6, 6.07) is 5.74. The van der Waals surface area contributed by atoms with Crippen LogP contribution in [0.15, 0.2) is 30.6 Å². The van der Waals surface area contributed by atoms with Crippen LogP contribution in [0.1, 0.15) is 38.6 Å². The highest BCUT2D eigenvalue weighted by Crippen LogP contribution is 2.21. The second-order valence-corrected chi connectivity index (χ2v) is 5.59. The van der Waals surface area contributed by atoms with Crippen LogP contribution in [0.2, 0.25) is 0 Å². The Morgan fingerprint density at radius 2 is 2.22 bits per heavy atom. The zero-order valence-corrected chi connectivity index (χ0v) is 11.5. The van der Waals surface area contributed by atoms with Gasteiger partial charge in [-0.3, -0.25) is 9.78 Å². The van der Waals surface area contributed by atoms with Crippen molar-refractivity contribution < 1.29 is 4.79 Å². The SMILES string of the molecule is Cc1cc(C(=O)N[C@H](C)c2cccnc2)sc1C. The van der Waals surface area contributed by atoms with Crippen LogP contribution in [0.25, 0.3) is 0 Å². The van der Waals surface area contributed by atoms with E-state index in [1.54, 1.807) is 12.4 Å². The molecule has 18 heavy (non-hydrogen) atoms. The predicted molar refractivity (Wildman–Crippen MR) is 73.9 cm³/mol. The monoisotopic (exact) mass is 260 g/mol. The minimum absolute atomic E-state index is 0.0208. The number of pyridine rings is 1. The lowest BCUT2D eigenvalue weighted by molar-refractivity contribution is 0.0944. The standard InChI is InChI=1S/C14H16N2OS/c1-9-7-13(18-11(9)3)14(17)16-10(2)12-5-4-6-15-8-12/h4-8,10H,1-3H3,(H,16,17)/t10-/m1/s1. The molecule has 0 radical (unpaired) electrons. The smallest absolute Gasteiger partial charge is 0.261 e. The Balaban J connectivity index is 2.08. The zero-order valence-electron chi connectivity index (χ0n) is 10.7. The third-order valence-corrected chi connectivity index (χ3v) is 4.07. The molecule has 2 rings (SSSR count). The zero-order chi connectivity index (χ0) is 13.1. The molecule has 0 aliphatic heterocycles. The van der Waals surface area contributed by atoms with Crippen molar-refractivity contribution in [1.82, 2.24) is 10.3 Å². The van der Waals surface area contributed by atoms with Gasteiger partial charge in [0.15, 0.2) is 0 Å². The van der Waals surface area contributed by atoms with Crippen molar-refractivity contribution in [2.45, 2.75) is 26.8 Å². The molecule has 3 nitrogen and oxygen atoms in total. The van der Waals surface area contributed by atoms with Crippen molar-refractivity contribution in [2.75, 3.05) is 0 Å². The first kappa shape index (κ1) is 12.8. The van der Waals surface area contributed by atoms with Gasteiger partial charge in [0.1, 0.15) is 0 Å². The summed E-state index contributed by atoms with van der Waals surface area (Å²) >= 11 is 1.53. The van der Waals surface area contributed by atoms with Gasteiger partial charge in [-0.1, -0.05) is 6.07 Å². The van der Waals surface area contributed by atoms with Crippen LogP contribution in [-0.2, 0) is 0 Å². The number of thiophene rings is 1. The summed E-state index contributed by atoms with van der Waals surface area (Å²) in [6.45, 7) is 6.01. The molecule has 2 aromatic rings. The molecule has 0 unspecified atom stereocenters. The Kier molecular flexibility index (Phi) is 3.77. The number of nitrogens with zero attached hydrogens (tertiary/aromatic N) is 1. The summed E-state index contributed by atoms with van der Waals surface area (Å²) in [5, 5.41) is 2.98. The molecule has 1 atom stereocenters. The second-order valence-electron chi connectivity index (χ2n) is 4.33. The van der Waals surface area contributed by atoms with Crippen LogP contribution in [-0.4, -0.2) is 10.9 Å². The van der Waals surface area contributed by atoms with Gasteiger partial charge >= 0.3 is 0 Å². The minimum atomic E-state index is -0.0334. The van der Waals surface area contributed by atoms with Crippen molar-refractivity contribution in [1.29, 1.82) is 0 Å². The van der Waals surface area contributed by atoms with E-state index < -0.39 is 0 Å². The minimum Gasteiger partial charge on any atom is -0.345 e. The number of nitrogens with one attached hydrogen (secondary N) is 1. The van der Waals surface area contributed by atoms with Gasteiger partial charge in [-0.25, -0.2) is 0 Å². The molecule has 2 heterocycles. The molecular formula is C14H16N2OS. The summed E-state index contributed by atoms with van der Waals surface area (Å²) in [5.74, 6) is -0.0208. The summed E-state index contributed by atoms with van der Waals surface area (Å²) in [5.41, 5.74) is 2.18. The molecule has 1 N–H and O–H groups in total. The van der Waals surface area contributed by atoms with E-state index in [0.717, 1.165) is 10.4 Å². The third-order valence-electron chi connectivity index (χ3n) is 2.92. The molecule has 0 fully saturated rings. The maximum absolute atomic E-state index is 12.1. The van der Waals surface area contributed by atoms with Crippen molar-refractivity contribution in [2.24, 2.45) is 0 Å². The fourth-order valence-electron chi connectivity index (χ4n) is 1.67. The van der Waals surface area contributed by atoms with Gasteiger partial charge in [0, 0.05) is 17.3 Å². The lowest BCUT2D eigenvalue weighted by Crippen LogP contribution is -2.25. The number of amides is 1. The van der Waals surface area contributed by atoms with Crippen LogP contribution in [0.4, 0.5) is 0 Å². The maximum atomic E-state index is 12.1. The Hall–Kier alpha value is -1.68. The molecule has 0 bridgehead atoms. The van der Waals surface area contributed by atoms with Crippen molar-refractivity contribution in [3.05, 3.63) is 51.5 Å². The summed E-state index contributed by atoms with van der Waals surface area (Å²) in [6.07, 6.45) is 3.50. The maximum Gasteiger partial charge on any atom is 0.261 e. The van der Waals surface area contributed by atoms with E-state index in [0.29, 0.717) is 0 Å². The van der Waals surface area contributed by atoms with E-state index in [2.05, 4.69) is 10.3 Å². The first-order valence-corrected chi connectivity index (χ1v) is 6.67. The van der Waals surface area contributed by atoms with Crippen molar-refractivity contribution in [3.8, 4) is 0 Å². The molecule has 4 heteroatoms. The predicted octanol–water partition coefficient (Wildman–Crippen LogP) is 3.25. The molecule has 2 aromatic heterocycles. The molecular weight excluding hydrogens is 244 g/mol. The first-order chi connectivity index (χ1) is 8.58. The number of aromatic nitrogens is 1. The van der Waals surface area contributed by atoms with Gasteiger partial charge in [-0.15, -0.1) is 11.3 Å². The lowest BCUT2D eigenvalue weighted by Gasteiger charge is -2.12. The number of hydrogen-bond acceptors (Lipinski definition) is 3. The van der Waals surface area contributed by atoms with Crippen LogP contribution in [0.5, 0.6) is 0 Å². The van der Waals surface area contributed by atoms with Gasteiger partial charge in [0.25, 0.3) is 5.91 Å². The van der Waals surface area contributed by atoms with E-state index in [-0.39, 0.29) is 11.9 Å².